The minimum Gasteiger partial charge on any atom is -0.485 e. The molecule has 0 spiro atoms. The summed E-state index contributed by atoms with van der Waals surface area (Å²) in [7, 11) is 0. The highest BCUT2D eigenvalue weighted by Gasteiger charge is 2.33. The zero-order valence-electron chi connectivity index (χ0n) is 14.1. The first-order valence-electron chi connectivity index (χ1n) is 7.90. The van der Waals surface area contributed by atoms with Crippen LogP contribution in [0.5, 0.6) is 5.75 Å². The molecule has 0 radical (unpaired) electrons. The number of amides is 1. The molecule has 0 unspecified atom stereocenters. The van der Waals surface area contributed by atoms with E-state index in [1.807, 2.05) is 19.9 Å². The van der Waals surface area contributed by atoms with Gasteiger partial charge in [0.15, 0.2) is 0 Å². The quantitative estimate of drug-likeness (QED) is 0.906. The van der Waals surface area contributed by atoms with Gasteiger partial charge in [-0.3, -0.25) is 4.79 Å². The van der Waals surface area contributed by atoms with E-state index in [0.29, 0.717) is 17.9 Å². The number of anilines is 1. The number of benzene rings is 1. The lowest BCUT2D eigenvalue weighted by atomic mass is 10.0. The van der Waals surface area contributed by atoms with Crippen molar-refractivity contribution in [1.29, 1.82) is 0 Å². The van der Waals surface area contributed by atoms with E-state index < -0.39 is 35.1 Å². The second-order valence-electron chi connectivity index (χ2n) is 6.45. The molecule has 1 amide bonds. The second kappa shape index (κ2) is 6.09. The van der Waals surface area contributed by atoms with Crippen molar-refractivity contribution >= 4 is 11.6 Å². The van der Waals surface area contributed by atoms with Gasteiger partial charge < -0.3 is 10.1 Å². The topological polar surface area (TPSA) is 56.2 Å². The minimum atomic E-state index is -3.06. The van der Waals surface area contributed by atoms with E-state index in [1.165, 1.54) is 0 Å². The molecule has 2 heterocycles. The van der Waals surface area contributed by atoms with Gasteiger partial charge >= 0.3 is 0 Å². The SMILES string of the molecule is CCn1nc(C(F)F)c(C(=O)Nc2cccc3c2OC(C)(C)C3)c1F. The Balaban J connectivity index is 1.96. The maximum absolute atomic E-state index is 14.3. The number of aromatic nitrogens is 2. The summed E-state index contributed by atoms with van der Waals surface area (Å²) in [4.78, 5) is 12.5. The number of halogens is 3. The molecule has 2 aromatic rings. The van der Waals surface area contributed by atoms with E-state index in [9.17, 15) is 18.0 Å². The number of nitrogens with zero attached hydrogens (tertiary/aromatic N) is 2. The van der Waals surface area contributed by atoms with Gasteiger partial charge in [-0.25, -0.2) is 13.5 Å². The molecule has 25 heavy (non-hydrogen) atoms. The molecule has 1 aromatic carbocycles. The van der Waals surface area contributed by atoms with Gasteiger partial charge in [-0.15, -0.1) is 0 Å². The summed E-state index contributed by atoms with van der Waals surface area (Å²) in [5, 5.41) is 5.96. The summed E-state index contributed by atoms with van der Waals surface area (Å²) in [6.07, 6.45) is -2.41. The third kappa shape index (κ3) is 3.08. The number of hydrogen-bond donors (Lipinski definition) is 1. The summed E-state index contributed by atoms with van der Waals surface area (Å²) in [5.41, 5.74) is -0.841. The molecule has 0 fully saturated rings. The van der Waals surface area contributed by atoms with Gasteiger partial charge in [0.05, 0.1) is 5.69 Å². The van der Waals surface area contributed by atoms with Crippen molar-refractivity contribution in [3.05, 3.63) is 41.0 Å². The van der Waals surface area contributed by atoms with Crippen LogP contribution in [0.25, 0.3) is 0 Å². The van der Waals surface area contributed by atoms with Crippen LogP contribution in [0, 0.1) is 5.95 Å². The predicted octanol–water partition coefficient (Wildman–Crippen LogP) is 3.95. The van der Waals surface area contributed by atoms with Gasteiger partial charge in [-0.05, 0) is 26.8 Å². The highest BCUT2D eigenvalue weighted by atomic mass is 19.3. The Kier molecular flexibility index (Phi) is 4.22. The van der Waals surface area contributed by atoms with E-state index in [1.54, 1.807) is 19.1 Å². The van der Waals surface area contributed by atoms with E-state index in [4.69, 9.17) is 4.74 Å². The summed E-state index contributed by atoms with van der Waals surface area (Å²) < 4.78 is 47.1. The van der Waals surface area contributed by atoms with Gasteiger partial charge in [0.2, 0.25) is 5.95 Å². The Labute approximate surface area is 142 Å². The van der Waals surface area contributed by atoms with Crippen molar-refractivity contribution < 1.29 is 22.7 Å². The van der Waals surface area contributed by atoms with Crippen LogP contribution >= 0.6 is 0 Å². The number of nitrogens with one attached hydrogen (secondary N) is 1. The van der Waals surface area contributed by atoms with Gasteiger partial charge in [-0.1, -0.05) is 12.1 Å². The number of carbonyl (C=O) groups excluding carboxylic acids is 1. The van der Waals surface area contributed by atoms with Gasteiger partial charge in [0, 0.05) is 18.5 Å². The Morgan fingerprint density at radius 1 is 1.44 bits per heavy atom. The number of aryl methyl sites for hydroxylation is 1. The summed E-state index contributed by atoms with van der Waals surface area (Å²) >= 11 is 0. The van der Waals surface area contributed by atoms with Crippen LogP contribution in [0.3, 0.4) is 0 Å². The van der Waals surface area contributed by atoms with Crippen LogP contribution in [0.1, 0.15) is 48.8 Å². The zero-order chi connectivity index (χ0) is 18.4. The molecule has 3 rings (SSSR count). The molecule has 0 saturated heterocycles. The molecular weight excluding hydrogens is 335 g/mol. The van der Waals surface area contributed by atoms with Gasteiger partial charge in [-0.2, -0.15) is 9.49 Å². The fourth-order valence-electron chi connectivity index (χ4n) is 2.93. The van der Waals surface area contributed by atoms with Crippen LogP contribution in [0.15, 0.2) is 18.2 Å². The first kappa shape index (κ1) is 17.3. The smallest absolute Gasteiger partial charge is 0.283 e. The fourth-order valence-corrected chi connectivity index (χ4v) is 2.93. The lowest BCUT2D eigenvalue weighted by Gasteiger charge is -2.18. The van der Waals surface area contributed by atoms with Crippen molar-refractivity contribution in [2.24, 2.45) is 0 Å². The number of carbonyl (C=O) groups is 1. The number of alkyl halides is 2. The molecule has 1 aliphatic heterocycles. The fraction of sp³-hybridized carbons (Fsp3) is 0.412. The predicted molar refractivity (Wildman–Crippen MR) is 85.6 cm³/mol. The monoisotopic (exact) mass is 353 g/mol. The summed E-state index contributed by atoms with van der Waals surface area (Å²) in [6, 6.07) is 5.17. The molecule has 1 aromatic heterocycles. The molecule has 0 bridgehead atoms. The number of ether oxygens (including phenoxy) is 1. The lowest BCUT2D eigenvalue weighted by Crippen LogP contribution is -2.25. The van der Waals surface area contributed by atoms with Crippen LogP contribution in [-0.4, -0.2) is 21.3 Å². The van der Waals surface area contributed by atoms with E-state index in [0.717, 1.165) is 10.2 Å². The molecule has 0 aliphatic carbocycles. The van der Waals surface area contributed by atoms with Crippen LogP contribution < -0.4 is 10.1 Å². The Hall–Kier alpha value is -2.51. The highest BCUT2D eigenvalue weighted by Crippen LogP contribution is 2.40. The Bertz CT molecular complexity index is 831. The average molecular weight is 353 g/mol. The standard InChI is InChI=1S/C17H18F3N3O2/c1-4-23-15(20)11(12(22-23)14(18)19)16(24)21-10-7-5-6-9-8-17(2,3)25-13(9)10/h5-7,14H,4,8H2,1-3H3,(H,21,24). The largest absolute Gasteiger partial charge is 0.485 e. The lowest BCUT2D eigenvalue weighted by molar-refractivity contribution is 0.1000. The number of rotatable bonds is 4. The molecular formula is C17H18F3N3O2. The Morgan fingerprint density at radius 3 is 2.80 bits per heavy atom. The van der Waals surface area contributed by atoms with Crippen molar-refractivity contribution in [3.63, 3.8) is 0 Å². The molecule has 0 atom stereocenters. The summed E-state index contributed by atoms with van der Waals surface area (Å²) in [5.74, 6) is -1.58. The maximum Gasteiger partial charge on any atom is 0.283 e. The van der Waals surface area contributed by atoms with Gasteiger partial charge in [0.1, 0.15) is 22.6 Å². The van der Waals surface area contributed by atoms with E-state index in [-0.39, 0.29) is 6.54 Å². The third-order valence-electron chi connectivity index (χ3n) is 3.99. The van der Waals surface area contributed by atoms with Crippen LogP contribution in [0.2, 0.25) is 0 Å². The molecule has 134 valence electrons. The zero-order valence-corrected chi connectivity index (χ0v) is 14.1. The second-order valence-corrected chi connectivity index (χ2v) is 6.45. The maximum atomic E-state index is 14.3. The number of para-hydroxylation sites is 1. The average Bonchev–Trinajstić information content (AvgIpc) is 3.03. The molecule has 5 nitrogen and oxygen atoms in total. The molecule has 1 aliphatic rings. The molecule has 8 heteroatoms. The third-order valence-corrected chi connectivity index (χ3v) is 3.99. The van der Waals surface area contributed by atoms with E-state index >= 15 is 0 Å². The van der Waals surface area contributed by atoms with E-state index in [2.05, 4.69) is 10.4 Å². The highest BCUT2D eigenvalue weighted by molar-refractivity contribution is 6.06. The van der Waals surface area contributed by atoms with Crippen molar-refractivity contribution in [3.8, 4) is 5.75 Å². The molecule has 1 N–H and O–H groups in total. The Morgan fingerprint density at radius 2 is 2.16 bits per heavy atom. The minimum absolute atomic E-state index is 0.0386. The van der Waals surface area contributed by atoms with Crippen molar-refractivity contribution in [2.45, 2.75) is 45.8 Å². The van der Waals surface area contributed by atoms with Crippen LogP contribution in [0.4, 0.5) is 18.9 Å². The van der Waals surface area contributed by atoms with Crippen LogP contribution in [-0.2, 0) is 13.0 Å². The number of fused-ring (bicyclic) bond motifs is 1. The molecule has 0 saturated carbocycles. The normalized spacial score (nSPS) is 15.2. The van der Waals surface area contributed by atoms with Gasteiger partial charge in [0.25, 0.3) is 12.3 Å². The number of hydrogen-bond acceptors (Lipinski definition) is 3. The van der Waals surface area contributed by atoms with Crippen molar-refractivity contribution in [1.82, 2.24) is 9.78 Å². The first-order valence-corrected chi connectivity index (χ1v) is 7.90. The summed E-state index contributed by atoms with van der Waals surface area (Å²) in [6.45, 7) is 5.39. The van der Waals surface area contributed by atoms with Crippen molar-refractivity contribution in [2.75, 3.05) is 5.32 Å². The first-order chi connectivity index (χ1) is 11.7.